The fraction of sp³-hybridized carbons (Fsp3) is 0.0909. The lowest BCUT2D eigenvalue weighted by Crippen LogP contribution is -2.49. The summed E-state index contributed by atoms with van der Waals surface area (Å²) in [4.78, 5) is 22.5. The van der Waals surface area contributed by atoms with Crippen molar-refractivity contribution in [1.29, 1.82) is 0 Å². The smallest absolute Gasteiger partial charge is 0.331 e. The minimum absolute atomic E-state index is 0.365. The number of carbonyl (C=O) groups is 2. The second-order valence-electron chi connectivity index (χ2n) is 3.53. The average molecular weight is 267 g/mol. The molecule has 1 unspecified atom stereocenters. The number of nitrogens with zero attached hydrogens (tertiary/aromatic N) is 1. The number of hydrogen-bond acceptors (Lipinski definition) is 3. The van der Waals surface area contributed by atoms with E-state index in [1.165, 1.54) is 30.0 Å². The molecule has 1 aromatic carbocycles. The quantitative estimate of drug-likeness (QED) is 0.852. The predicted molar refractivity (Wildman–Crippen MR) is 65.4 cm³/mol. The third-order valence-corrected chi connectivity index (χ3v) is 3.31. The van der Waals surface area contributed by atoms with Crippen LogP contribution in [0.2, 0.25) is 0 Å². The van der Waals surface area contributed by atoms with Crippen LogP contribution in [0.25, 0.3) is 0 Å². The van der Waals surface area contributed by atoms with E-state index in [0.717, 1.165) is 5.01 Å². The number of hydrogen-bond donors (Lipinski definition) is 2. The van der Waals surface area contributed by atoms with Crippen molar-refractivity contribution in [2.75, 3.05) is 0 Å². The highest BCUT2D eigenvalue weighted by atomic mass is 32.2. The molecule has 3 amide bonds. The van der Waals surface area contributed by atoms with Gasteiger partial charge in [-0.15, -0.1) is 11.8 Å². The second-order valence-corrected chi connectivity index (χ2v) is 4.52. The number of rotatable bonds is 2. The molecule has 0 aromatic heterocycles. The molecule has 5 nitrogen and oxygen atoms in total. The van der Waals surface area contributed by atoms with Gasteiger partial charge < -0.3 is 5.73 Å². The number of carbonyl (C=O) groups excluding carboxylic acids is 2. The predicted octanol–water partition coefficient (Wildman–Crippen LogP) is 1.50. The van der Waals surface area contributed by atoms with Gasteiger partial charge in [-0.05, 0) is 23.1 Å². The van der Waals surface area contributed by atoms with Crippen molar-refractivity contribution in [1.82, 2.24) is 10.4 Å². The molecule has 7 heteroatoms. The Labute approximate surface area is 107 Å². The molecular weight excluding hydrogens is 257 g/mol. The van der Waals surface area contributed by atoms with Gasteiger partial charge >= 0.3 is 6.03 Å². The van der Waals surface area contributed by atoms with Gasteiger partial charge in [0.2, 0.25) is 0 Å². The molecular formula is C11H10FN3O2S. The monoisotopic (exact) mass is 267 g/mol. The number of halogens is 1. The molecule has 0 aliphatic carbocycles. The minimum atomic E-state index is -0.827. The fourth-order valence-electron chi connectivity index (χ4n) is 1.52. The Morgan fingerprint density at radius 2 is 2.06 bits per heavy atom. The summed E-state index contributed by atoms with van der Waals surface area (Å²) in [5, 5.41) is 2.27. The molecule has 1 aliphatic heterocycles. The van der Waals surface area contributed by atoms with Crippen molar-refractivity contribution in [2.45, 2.75) is 5.37 Å². The molecule has 0 bridgehead atoms. The number of thioether (sulfide) groups is 1. The van der Waals surface area contributed by atoms with Crippen molar-refractivity contribution < 1.29 is 14.0 Å². The van der Waals surface area contributed by atoms with Crippen LogP contribution in [0.3, 0.4) is 0 Å². The van der Waals surface area contributed by atoms with Crippen LogP contribution in [0.5, 0.6) is 0 Å². The minimum Gasteiger partial charge on any atom is -0.350 e. The van der Waals surface area contributed by atoms with Gasteiger partial charge in [-0.2, -0.15) is 0 Å². The number of hydrazine groups is 1. The Bertz CT molecular complexity index is 504. The van der Waals surface area contributed by atoms with Gasteiger partial charge in [0.1, 0.15) is 11.2 Å². The molecule has 0 radical (unpaired) electrons. The van der Waals surface area contributed by atoms with Gasteiger partial charge in [0, 0.05) is 6.08 Å². The lowest BCUT2D eigenvalue weighted by Gasteiger charge is -2.31. The van der Waals surface area contributed by atoms with Crippen LogP contribution in [0, 0.1) is 5.82 Å². The van der Waals surface area contributed by atoms with Crippen molar-refractivity contribution in [2.24, 2.45) is 5.73 Å². The van der Waals surface area contributed by atoms with Gasteiger partial charge in [0.25, 0.3) is 5.91 Å². The van der Waals surface area contributed by atoms with E-state index >= 15 is 0 Å². The van der Waals surface area contributed by atoms with Gasteiger partial charge in [-0.1, -0.05) is 12.1 Å². The maximum absolute atomic E-state index is 12.8. The van der Waals surface area contributed by atoms with Crippen LogP contribution in [0.4, 0.5) is 9.18 Å². The summed E-state index contributed by atoms with van der Waals surface area (Å²) in [6, 6.07) is 4.86. The summed E-state index contributed by atoms with van der Waals surface area (Å²) in [7, 11) is 0. The van der Waals surface area contributed by atoms with Crippen LogP contribution < -0.4 is 11.2 Å². The lowest BCUT2D eigenvalue weighted by atomic mass is 10.2. The highest BCUT2D eigenvalue weighted by Crippen LogP contribution is 2.35. The van der Waals surface area contributed by atoms with E-state index in [2.05, 4.69) is 5.43 Å². The molecule has 3 N–H and O–H groups in total. The topological polar surface area (TPSA) is 75.4 Å². The Morgan fingerprint density at radius 3 is 2.67 bits per heavy atom. The van der Waals surface area contributed by atoms with E-state index in [4.69, 9.17) is 5.73 Å². The van der Waals surface area contributed by atoms with Crippen molar-refractivity contribution in [3.8, 4) is 0 Å². The lowest BCUT2D eigenvalue weighted by molar-refractivity contribution is -0.129. The standard InChI is InChI=1S/C11H10FN3O2S/c12-8-3-1-7(2-4-8)10-15(14-11(13)17)9(16)5-6-18-10/h1-6,10H,(H3,13,14,17). The molecule has 0 spiro atoms. The molecule has 1 heterocycles. The number of urea groups is 1. The molecule has 18 heavy (non-hydrogen) atoms. The van der Waals surface area contributed by atoms with Crippen molar-refractivity contribution in [3.63, 3.8) is 0 Å². The summed E-state index contributed by atoms with van der Waals surface area (Å²) < 4.78 is 12.8. The zero-order chi connectivity index (χ0) is 13.1. The van der Waals surface area contributed by atoms with Gasteiger partial charge in [0.05, 0.1) is 0 Å². The van der Waals surface area contributed by atoms with Crippen LogP contribution >= 0.6 is 11.8 Å². The van der Waals surface area contributed by atoms with Crippen LogP contribution in [0.1, 0.15) is 10.9 Å². The van der Waals surface area contributed by atoms with E-state index in [1.54, 1.807) is 17.5 Å². The summed E-state index contributed by atoms with van der Waals surface area (Å²) in [6.07, 6.45) is 1.32. The summed E-state index contributed by atoms with van der Waals surface area (Å²) in [6.45, 7) is 0. The van der Waals surface area contributed by atoms with E-state index in [9.17, 15) is 14.0 Å². The number of amides is 3. The van der Waals surface area contributed by atoms with Crippen molar-refractivity contribution in [3.05, 3.63) is 47.1 Å². The third kappa shape index (κ3) is 2.62. The highest BCUT2D eigenvalue weighted by Gasteiger charge is 2.28. The average Bonchev–Trinajstić information content (AvgIpc) is 2.32. The molecule has 1 aliphatic rings. The number of primary amides is 1. The molecule has 1 atom stereocenters. The molecule has 0 saturated heterocycles. The molecule has 2 rings (SSSR count). The first kappa shape index (κ1) is 12.4. The summed E-state index contributed by atoms with van der Waals surface area (Å²) in [5.74, 6) is -0.752. The zero-order valence-electron chi connectivity index (χ0n) is 9.17. The first-order chi connectivity index (χ1) is 8.58. The Morgan fingerprint density at radius 1 is 1.39 bits per heavy atom. The van der Waals surface area contributed by atoms with Crippen molar-refractivity contribution >= 4 is 23.7 Å². The SMILES string of the molecule is NC(=O)NN1C(=O)C=CSC1c1ccc(F)cc1. The third-order valence-electron chi connectivity index (χ3n) is 2.28. The number of benzene rings is 1. The largest absolute Gasteiger partial charge is 0.350 e. The summed E-state index contributed by atoms with van der Waals surface area (Å²) >= 11 is 1.31. The molecule has 0 saturated carbocycles. The second kappa shape index (κ2) is 5.09. The Hall–Kier alpha value is -2.02. The first-order valence-electron chi connectivity index (χ1n) is 5.04. The molecule has 1 aromatic rings. The zero-order valence-corrected chi connectivity index (χ0v) is 9.99. The normalized spacial score (nSPS) is 18.8. The van der Waals surface area contributed by atoms with Crippen LogP contribution in [-0.2, 0) is 4.79 Å². The van der Waals surface area contributed by atoms with E-state index in [-0.39, 0.29) is 11.7 Å². The van der Waals surface area contributed by atoms with Crippen LogP contribution in [0.15, 0.2) is 35.7 Å². The molecule has 94 valence electrons. The van der Waals surface area contributed by atoms with Crippen LogP contribution in [-0.4, -0.2) is 16.9 Å². The van der Waals surface area contributed by atoms with Gasteiger partial charge in [-0.3, -0.25) is 4.79 Å². The maximum atomic E-state index is 12.8. The van der Waals surface area contributed by atoms with Gasteiger partial charge in [-0.25, -0.2) is 19.6 Å². The highest BCUT2D eigenvalue weighted by molar-refractivity contribution is 8.02. The van der Waals surface area contributed by atoms with E-state index in [0.29, 0.717) is 5.56 Å². The Kier molecular flexibility index (Phi) is 3.52. The van der Waals surface area contributed by atoms with E-state index in [1.807, 2.05) is 0 Å². The van der Waals surface area contributed by atoms with Gasteiger partial charge in [0.15, 0.2) is 0 Å². The molecule has 0 fully saturated rings. The van der Waals surface area contributed by atoms with E-state index < -0.39 is 11.4 Å². The fourth-order valence-corrected chi connectivity index (χ4v) is 2.45. The maximum Gasteiger partial charge on any atom is 0.331 e. The summed E-state index contributed by atoms with van der Waals surface area (Å²) in [5.41, 5.74) is 7.95. The number of nitrogens with two attached hydrogens (primary N) is 1. The Balaban J connectivity index is 2.28. The number of nitrogens with one attached hydrogen (secondary N) is 1. The first-order valence-corrected chi connectivity index (χ1v) is 5.99.